The number of benzene rings is 1. The van der Waals surface area contributed by atoms with E-state index < -0.39 is 0 Å². The molecule has 0 radical (unpaired) electrons. The Morgan fingerprint density at radius 2 is 1.59 bits per heavy atom. The Morgan fingerprint density at radius 1 is 0.931 bits per heavy atom. The van der Waals surface area contributed by atoms with Crippen molar-refractivity contribution < 1.29 is 4.74 Å². The minimum atomic E-state index is 0.472. The Balaban J connectivity index is 1.37. The van der Waals surface area contributed by atoms with Gasteiger partial charge in [-0.25, -0.2) is 0 Å². The monoisotopic (exact) mass is 392 g/mol. The topological polar surface area (TPSA) is 9.23 Å². The second-order valence-corrected chi connectivity index (χ2v) is 9.19. The molecular formula is C28H40O. The molecule has 1 nitrogen and oxygen atoms in total. The first-order valence-corrected chi connectivity index (χ1v) is 12.1. The zero-order chi connectivity index (χ0) is 20.3. The van der Waals surface area contributed by atoms with Gasteiger partial charge in [-0.3, -0.25) is 0 Å². The summed E-state index contributed by atoms with van der Waals surface area (Å²) in [5.41, 5.74) is 2.64. The van der Waals surface area contributed by atoms with Gasteiger partial charge in [0.15, 0.2) is 0 Å². The van der Waals surface area contributed by atoms with Gasteiger partial charge in [0.05, 0.1) is 6.10 Å². The molecule has 2 aliphatic rings. The maximum Gasteiger partial charge on any atom is 0.0575 e. The van der Waals surface area contributed by atoms with Crippen LogP contribution in [0.3, 0.4) is 0 Å². The molecule has 0 unspecified atom stereocenters. The van der Waals surface area contributed by atoms with E-state index in [0.717, 1.165) is 18.4 Å². The molecule has 2 aliphatic carbocycles. The molecule has 3 rings (SSSR count). The molecule has 0 spiro atoms. The van der Waals surface area contributed by atoms with Crippen LogP contribution in [0.2, 0.25) is 0 Å². The van der Waals surface area contributed by atoms with Crippen LogP contribution in [-0.2, 0) is 11.2 Å². The quantitative estimate of drug-likeness (QED) is 0.332. The molecule has 0 heterocycles. The molecule has 1 heteroatoms. The first-order chi connectivity index (χ1) is 14.3. The predicted octanol–water partition coefficient (Wildman–Crippen LogP) is 7.34. The van der Waals surface area contributed by atoms with Crippen LogP contribution < -0.4 is 0 Å². The highest BCUT2D eigenvalue weighted by molar-refractivity contribution is 5.36. The lowest BCUT2D eigenvalue weighted by Gasteiger charge is -2.28. The maximum absolute atomic E-state index is 5.74. The molecule has 0 amide bonds. The first kappa shape index (κ1) is 22.2. The van der Waals surface area contributed by atoms with Gasteiger partial charge < -0.3 is 4.74 Å². The number of ether oxygens (including phenoxy) is 1. The lowest BCUT2D eigenvalue weighted by molar-refractivity contribution is 0.0310. The third-order valence-corrected chi connectivity index (χ3v) is 7.04. The Hall–Kier alpha value is -1.52. The average molecular weight is 393 g/mol. The third kappa shape index (κ3) is 7.67. The van der Waals surface area contributed by atoms with Crippen LogP contribution in [0.15, 0.2) is 36.9 Å². The Morgan fingerprint density at radius 3 is 2.21 bits per heavy atom. The third-order valence-electron chi connectivity index (χ3n) is 7.04. The maximum atomic E-state index is 5.74. The summed E-state index contributed by atoms with van der Waals surface area (Å²) in [6, 6.07) is 9.04. The highest BCUT2D eigenvalue weighted by Crippen LogP contribution is 2.34. The molecule has 0 N–H and O–H groups in total. The van der Waals surface area contributed by atoms with E-state index in [-0.39, 0.29) is 0 Å². The van der Waals surface area contributed by atoms with E-state index in [9.17, 15) is 0 Å². The summed E-state index contributed by atoms with van der Waals surface area (Å²) in [5.74, 6) is 9.36. The summed E-state index contributed by atoms with van der Waals surface area (Å²) in [6.07, 6.45) is 18.1. The second kappa shape index (κ2) is 12.2. The normalized spacial score (nSPS) is 27.1. The minimum Gasteiger partial charge on any atom is -0.379 e. The summed E-state index contributed by atoms with van der Waals surface area (Å²) in [5, 5.41) is 0. The number of allylic oxidation sites excluding steroid dienone is 1. The van der Waals surface area contributed by atoms with Gasteiger partial charge in [-0.15, -0.1) is 6.58 Å². The standard InChI is InChI=1S/C28H40O/c1-3-5-6-23-7-9-24(10-8-23)11-12-25-13-15-26(16-14-25)17-18-27-19-21-28(22-20-27)29-4-2/h3,13-16,23-24,27-28H,1,4-12,19-22H2,2H3. The van der Waals surface area contributed by atoms with Crippen molar-refractivity contribution in [3.63, 3.8) is 0 Å². The lowest BCUT2D eigenvalue weighted by Crippen LogP contribution is -2.20. The highest BCUT2D eigenvalue weighted by Gasteiger charge is 2.21. The summed E-state index contributed by atoms with van der Waals surface area (Å²) < 4.78 is 5.74. The molecule has 29 heavy (non-hydrogen) atoms. The summed E-state index contributed by atoms with van der Waals surface area (Å²) in [6.45, 7) is 6.79. The Labute approximate surface area is 179 Å². The van der Waals surface area contributed by atoms with Crippen molar-refractivity contribution in [2.24, 2.45) is 17.8 Å². The summed E-state index contributed by atoms with van der Waals surface area (Å²) in [7, 11) is 0. The zero-order valence-corrected chi connectivity index (χ0v) is 18.5. The van der Waals surface area contributed by atoms with Gasteiger partial charge in [0.2, 0.25) is 0 Å². The summed E-state index contributed by atoms with van der Waals surface area (Å²) >= 11 is 0. The minimum absolute atomic E-state index is 0.472. The van der Waals surface area contributed by atoms with Crippen molar-refractivity contribution >= 4 is 0 Å². The SMILES string of the molecule is C=CCCC1CCC(CCc2ccc(C#CC3CCC(OCC)CC3)cc2)CC1. The molecule has 0 aromatic heterocycles. The van der Waals surface area contributed by atoms with Crippen LogP contribution in [0.1, 0.15) is 88.7 Å². The molecule has 2 fully saturated rings. The number of hydrogen-bond donors (Lipinski definition) is 0. The average Bonchev–Trinajstić information content (AvgIpc) is 2.77. The van der Waals surface area contributed by atoms with Gasteiger partial charge in [-0.05, 0) is 87.8 Å². The van der Waals surface area contributed by atoms with E-state index in [1.54, 1.807) is 0 Å². The van der Waals surface area contributed by atoms with Gasteiger partial charge >= 0.3 is 0 Å². The molecule has 0 aliphatic heterocycles. The highest BCUT2D eigenvalue weighted by atomic mass is 16.5. The fraction of sp³-hybridized carbons (Fsp3) is 0.643. The number of hydrogen-bond acceptors (Lipinski definition) is 1. The van der Waals surface area contributed by atoms with E-state index in [1.807, 2.05) is 0 Å². The van der Waals surface area contributed by atoms with Crippen molar-refractivity contribution in [3.8, 4) is 11.8 Å². The fourth-order valence-corrected chi connectivity index (χ4v) is 5.08. The van der Waals surface area contributed by atoms with Crippen LogP contribution >= 0.6 is 0 Å². The van der Waals surface area contributed by atoms with E-state index in [0.29, 0.717) is 12.0 Å². The molecule has 0 atom stereocenters. The van der Waals surface area contributed by atoms with Crippen LogP contribution in [0.4, 0.5) is 0 Å². The largest absolute Gasteiger partial charge is 0.379 e. The number of aryl methyl sites for hydroxylation is 1. The second-order valence-electron chi connectivity index (χ2n) is 9.19. The molecule has 1 aromatic rings. The van der Waals surface area contributed by atoms with Crippen molar-refractivity contribution in [3.05, 3.63) is 48.0 Å². The van der Waals surface area contributed by atoms with Gasteiger partial charge in [0.1, 0.15) is 0 Å². The van der Waals surface area contributed by atoms with Crippen molar-refractivity contribution in [2.45, 2.75) is 90.1 Å². The molecule has 2 saturated carbocycles. The van der Waals surface area contributed by atoms with E-state index in [1.165, 1.54) is 88.2 Å². The molecule has 1 aromatic carbocycles. The van der Waals surface area contributed by atoms with Gasteiger partial charge in [-0.1, -0.05) is 55.7 Å². The van der Waals surface area contributed by atoms with Gasteiger partial charge in [-0.2, -0.15) is 0 Å². The van der Waals surface area contributed by atoms with Crippen molar-refractivity contribution in [1.82, 2.24) is 0 Å². The first-order valence-electron chi connectivity index (χ1n) is 12.1. The van der Waals surface area contributed by atoms with Crippen molar-refractivity contribution in [1.29, 1.82) is 0 Å². The van der Waals surface area contributed by atoms with E-state index in [4.69, 9.17) is 4.74 Å². The Kier molecular flexibility index (Phi) is 9.36. The molecular weight excluding hydrogens is 352 g/mol. The van der Waals surface area contributed by atoms with Crippen LogP contribution in [0, 0.1) is 29.6 Å². The number of rotatable bonds is 8. The van der Waals surface area contributed by atoms with E-state index >= 15 is 0 Å². The van der Waals surface area contributed by atoms with Crippen LogP contribution in [0.25, 0.3) is 0 Å². The zero-order valence-electron chi connectivity index (χ0n) is 18.5. The molecule has 158 valence electrons. The van der Waals surface area contributed by atoms with E-state index in [2.05, 4.69) is 55.7 Å². The van der Waals surface area contributed by atoms with Crippen LogP contribution in [-0.4, -0.2) is 12.7 Å². The van der Waals surface area contributed by atoms with Gasteiger partial charge in [0, 0.05) is 18.1 Å². The van der Waals surface area contributed by atoms with Crippen molar-refractivity contribution in [2.75, 3.05) is 6.61 Å². The molecule has 0 saturated heterocycles. The fourth-order valence-electron chi connectivity index (χ4n) is 5.08. The van der Waals surface area contributed by atoms with Crippen LogP contribution in [0.5, 0.6) is 0 Å². The summed E-state index contributed by atoms with van der Waals surface area (Å²) in [4.78, 5) is 0. The Bertz CT molecular complexity index is 646. The predicted molar refractivity (Wildman–Crippen MR) is 124 cm³/mol. The van der Waals surface area contributed by atoms with Gasteiger partial charge in [0.25, 0.3) is 0 Å². The lowest BCUT2D eigenvalue weighted by atomic mass is 9.78. The molecule has 0 bridgehead atoms. The smallest absolute Gasteiger partial charge is 0.0575 e.